The Hall–Kier alpha value is 0.01000. The predicted octanol–water partition coefficient (Wildman–Crippen LogP) is 3.01. The van der Waals surface area contributed by atoms with Crippen molar-refractivity contribution >= 4 is 11.8 Å². The van der Waals surface area contributed by atoms with Gasteiger partial charge in [-0.3, -0.25) is 0 Å². The van der Waals surface area contributed by atoms with Gasteiger partial charge in [0.05, 0.1) is 11.7 Å². The molecule has 2 saturated heterocycles. The quantitative estimate of drug-likeness (QED) is 0.781. The first-order chi connectivity index (χ1) is 8.79. The van der Waals surface area contributed by atoms with Gasteiger partial charge in [0, 0.05) is 12.4 Å². The summed E-state index contributed by atoms with van der Waals surface area (Å²) in [7, 11) is 0. The van der Waals surface area contributed by atoms with E-state index in [2.05, 4.69) is 12.2 Å². The fourth-order valence-corrected chi connectivity index (χ4v) is 5.11. The van der Waals surface area contributed by atoms with E-state index < -0.39 is 0 Å². The summed E-state index contributed by atoms with van der Waals surface area (Å²) in [6.07, 6.45) is 11.1. The lowest BCUT2D eigenvalue weighted by molar-refractivity contribution is -0.109. The predicted molar refractivity (Wildman–Crippen MR) is 75.8 cm³/mol. The lowest BCUT2D eigenvalue weighted by Gasteiger charge is -2.41. The molecule has 2 heterocycles. The third-order valence-electron chi connectivity index (χ3n) is 4.87. The zero-order chi connectivity index (χ0) is 12.4. The van der Waals surface area contributed by atoms with E-state index in [-0.39, 0.29) is 11.7 Å². The molecule has 0 aromatic carbocycles. The van der Waals surface area contributed by atoms with Crippen LogP contribution in [0, 0.1) is 11.8 Å². The third kappa shape index (κ3) is 2.63. The second-order valence-corrected chi connectivity index (χ2v) is 7.23. The summed E-state index contributed by atoms with van der Waals surface area (Å²) in [6, 6.07) is 0. The van der Waals surface area contributed by atoms with Gasteiger partial charge in [0.1, 0.15) is 0 Å². The fourth-order valence-electron chi connectivity index (χ4n) is 3.73. The van der Waals surface area contributed by atoms with E-state index in [0.717, 1.165) is 44.5 Å². The van der Waals surface area contributed by atoms with Crippen molar-refractivity contribution in [1.29, 1.82) is 0 Å². The lowest BCUT2D eigenvalue weighted by Crippen LogP contribution is -2.45. The molecule has 2 fully saturated rings. The molecule has 3 rings (SSSR count). The number of hydrogen-bond acceptors (Lipinski definition) is 3. The molecule has 102 valence electrons. The Labute approximate surface area is 114 Å². The van der Waals surface area contributed by atoms with Crippen molar-refractivity contribution in [1.82, 2.24) is 0 Å². The van der Waals surface area contributed by atoms with Gasteiger partial charge in [-0.1, -0.05) is 12.2 Å². The highest BCUT2D eigenvalue weighted by Gasteiger charge is 2.43. The van der Waals surface area contributed by atoms with Crippen LogP contribution in [-0.2, 0) is 4.74 Å². The molecule has 0 saturated carbocycles. The molecule has 0 aromatic heterocycles. The Bertz CT molecular complexity index is 310. The molecule has 1 spiro atoms. The van der Waals surface area contributed by atoms with E-state index in [4.69, 9.17) is 4.74 Å². The summed E-state index contributed by atoms with van der Waals surface area (Å²) in [4.78, 5) is 0. The molecule has 4 atom stereocenters. The van der Waals surface area contributed by atoms with Crippen LogP contribution < -0.4 is 0 Å². The highest BCUT2D eigenvalue weighted by atomic mass is 32.2. The summed E-state index contributed by atoms with van der Waals surface area (Å²) >= 11 is 2.01. The van der Waals surface area contributed by atoms with Gasteiger partial charge < -0.3 is 9.84 Å². The Morgan fingerprint density at radius 2 is 2.22 bits per heavy atom. The van der Waals surface area contributed by atoms with Gasteiger partial charge in [0.25, 0.3) is 0 Å². The zero-order valence-corrected chi connectivity index (χ0v) is 11.8. The summed E-state index contributed by atoms with van der Waals surface area (Å²) < 4.78 is 6.05. The molecule has 0 amide bonds. The van der Waals surface area contributed by atoms with Gasteiger partial charge in [-0.15, -0.1) is 0 Å². The van der Waals surface area contributed by atoms with Crippen LogP contribution in [0.15, 0.2) is 12.2 Å². The van der Waals surface area contributed by atoms with Gasteiger partial charge in [0.15, 0.2) is 0 Å². The van der Waals surface area contributed by atoms with Crippen LogP contribution in [0.1, 0.15) is 38.5 Å². The Kier molecular flexibility index (Phi) is 4.02. The van der Waals surface area contributed by atoms with E-state index >= 15 is 0 Å². The molecule has 2 aliphatic heterocycles. The van der Waals surface area contributed by atoms with E-state index in [1.165, 1.54) is 12.2 Å². The minimum absolute atomic E-state index is 0.110. The van der Waals surface area contributed by atoms with Crippen molar-refractivity contribution in [2.45, 2.75) is 50.2 Å². The van der Waals surface area contributed by atoms with E-state index in [1.807, 2.05) is 11.8 Å². The summed E-state index contributed by atoms with van der Waals surface area (Å²) in [5, 5.41) is 10.6. The maximum absolute atomic E-state index is 10.6. The summed E-state index contributed by atoms with van der Waals surface area (Å²) in [6.45, 7) is 0.852. The molecule has 4 unspecified atom stereocenters. The number of thioether (sulfide) groups is 1. The molecule has 2 nitrogen and oxygen atoms in total. The minimum Gasteiger partial charge on any atom is -0.393 e. The lowest BCUT2D eigenvalue weighted by atomic mass is 9.76. The standard InChI is InChI=1S/C15H24O2S/c16-14(12-4-2-1-3-5-12)13-6-8-17-15(10-13)7-9-18-11-15/h1-2,12-14,16H,3-11H2. The normalized spacial score (nSPS) is 42.3. The van der Waals surface area contributed by atoms with Crippen LogP contribution in [0.25, 0.3) is 0 Å². The van der Waals surface area contributed by atoms with Crippen molar-refractivity contribution in [3.05, 3.63) is 12.2 Å². The Morgan fingerprint density at radius 1 is 1.28 bits per heavy atom. The van der Waals surface area contributed by atoms with Gasteiger partial charge in [-0.25, -0.2) is 0 Å². The first kappa shape index (κ1) is 13.0. The number of rotatable bonds is 2. The summed E-state index contributed by atoms with van der Waals surface area (Å²) in [5.41, 5.74) is 0.110. The maximum atomic E-state index is 10.6. The smallest absolute Gasteiger partial charge is 0.0783 e. The number of ether oxygens (including phenoxy) is 1. The fraction of sp³-hybridized carbons (Fsp3) is 0.867. The number of hydrogen-bond donors (Lipinski definition) is 1. The minimum atomic E-state index is -0.110. The Morgan fingerprint density at radius 3 is 2.94 bits per heavy atom. The van der Waals surface area contributed by atoms with Crippen molar-refractivity contribution in [2.75, 3.05) is 18.1 Å². The van der Waals surface area contributed by atoms with Crippen LogP contribution >= 0.6 is 11.8 Å². The second-order valence-electron chi connectivity index (χ2n) is 6.12. The van der Waals surface area contributed by atoms with Crippen LogP contribution in [0.4, 0.5) is 0 Å². The van der Waals surface area contributed by atoms with Gasteiger partial charge in [-0.2, -0.15) is 11.8 Å². The molecule has 1 N–H and O–H groups in total. The van der Waals surface area contributed by atoms with Crippen LogP contribution in [0.2, 0.25) is 0 Å². The molecule has 0 radical (unpaired) electrons. The van der Waals surface area contributed by atoms with E-state index in [0.29, 0.717) is 11.8 Å². The third-order valence-corrected chi connectivity index (χ3v) is 6.10. The topological polar surface area (TPSA) is 29.5 Å². The average molecular weight is 268 g/mol. The molecule has 3 heteroatoms. The summed E-state index contributed by atoms with van der Waals surface area (Å²) in [5.74, 6) is 3.33. The molecule has 18 heavy (non-hydrogen) atoms. The molecule has 1 aliphatic carbocycles. The van der Waals surface area contributed by atoms with Crippen molar-refractivity contribution in [3.63, 3.8) is 0 Å². The monoisotopic (exact) mass is 268 g/mol. The van der Waals surface area contributed by atoms with Crippen molar-refractivity contribution in [3.8, 4) is 0 Å². The Balaban J connectivity index is 1.62. The van der Waals surface area contributed by atoms with Crippen molar-refractivity contribution < 1.29 is 9.84 Å². The number of aliphatic hydroxyl groups is 1. The zero-order valence-electron chi connectivity index (χ0n) is 11.0. The number of allylic oxidation sites excluding steroid dienone is 2. The maximum Gasteiger partial charge on any atom is 0.0783 e. The second kappa shape index (κ2) is 5.56. The largest absolute Gasteiger partial charge is 0.393 e. The van der Waals surface area contributed by atoms with Crippen LogP contribution in [-0.4, -0.2) is 34.9 Å². The molecular formula is C15H24O2S. The van der Waals surface area contributed by atoms with Crippen molar-refractivity contribution in [2.24, 2.45) is 11.8 Å². The van der Waals surface area contributed by atoms with Crippen LogP contribution in [0.3, 0.4) is 0 Å². The first-order valence-electron chi connectivity index (χ1n) is 7.34. The molecule has 0 bridgehead atoms. The highest BCUT2D eigenvalue weighted by Crippen LogP contribution is 2.43. The van der Waals surface area contributed by atoms with Gasteiger partial charge in [-0.05, 0) is 56.1 Å². The van der Waals surface area contributed by atoms with Gasteiger partial charge in [0.2, 0.25) is 0 Å². The first-order valence-corrected chi connectivity index (χ1v) is 8.49. The van der Waals surface area contributed by atoms with Crippen LogP contribution in [0.5, 0.6) is 0 Å². The average Bonchev–Trinajstić information content (AvgIpc) is 2.87. The molecule has 3 aliphatic rings. The van der Waals surface area contributed by atoms with E-state index in [1.54, 1.807) is 0 Å². The molecular weight excluding hydrogens is 244 g/mol. The molecule has 0 aromatic rings. The number of aliphatic hydroxyl groups excluding tert-OH is 1. The SMILES string of the molecule is OC(C1CC=CCC1)C1CCOC2(CCSC2)C1. The highest BCUT2D eigenvalue weighted by molar-refractivity contribution is 7.99. The van der Waals surface area contributed by atoms with Gasteiger partial charge >= 0.3 is 0 Å². The van der Waals surface area contributed by atoms with E-state index in [9.17, 15) is 5.11 Å².